The van der Waals surface area contributed by atoms with Gasteiger partial charge in [0.05, 0.1) is 10.9 Å². The lowest BCUT2D eigenvalue weighted by Crippen LogP contribution is -2.28. The van der Waals surface area contributed by atoms with Gasteiger partial charge in [0.2, 0.25) is 5.43 Å². The molecule has 3 aliphatic rings. The second-order valence-electron chi connectivity index (χ2n) is 8.63. The number of anilines is 1. The summed E-state index contributed by atoms with van der Waals surface area (Å²) in [4.78, 5) is 25.8. The molecule has 1 aromatic heterocycles. The van der Waals surface area contributed by atoms with Gasteiger partial charge in [-0.2, -0.15) is 0 Å². The third kappa shape index (κ3) is 2.76. The highest BCUT2D eigenvalue weighted by atomic mass is 19.1. The molecule has 0 bridgehead atoms. The van der Waals surface area contributed by atoms with Crippen LogP contribution in [0.1, 0.15) is 42.1 Å². The van der Waals surface area contributed by atoms with E-state index >= 15 is 8.78 Å². The van der Waals surface area contributed by atoms with Gasteiger partial charge in [0.15, 0.2) is 5.82 Å². The Kier molecular flexibility index (Phi) is 4.17. The monoisotopic (exact) mass is 403 g/mol. The Hall–Kier alpha value is -2.48. The van der Waals surface area contributed by atoms with E-state index in [-0.39, 0.29) is 22.6 Å². The molecule has 0 unspecified atom stereocenters. The first-order chi connectivity index (χ1) is 13.9. The standard InChI is InChI=1S/C21H23F2N3O3/c22-16-5-13-18(26(12-3-4-12)9-15(20(13)27)21(28)29)17(23)19(16)25-7-11-2-1-10(6-24)14(11)8-25/h5,9-12,14H,1-4,6-8,24H2,(H,28,29)/t10-,11+,14+/m1/s1. The number of hydrogen-bond acceptors (Lipinski definition) is 4. The van der Waals surface area contributed by atoms with Crippen LogP contribution in [0.5, 0.6) is 0 Å². The lowest BCUT2D eigenvalue weighted by Gasteiger charge is -2.24. The van der Waals surface area contributed by atoms with Gasteiger partial charge in [-0.05, 0) is 56.0 Å². The maximum Gasteiger partial charge on any atom is 0.341 e. The molecule has 154 valence electrons. The first kappa shape index (κ1) is 18.5. The number of hydrogen-bond donors (Lipinski definition) is 2. The summed E-state index contributed by atoms with van der Waals surface area (Å²) in [6.07, 6.45) is 4.82. The van der Waals surface area contributed by atoms with Crippen LogP contribution in [0.2, 0.25) is 0 Å². The molecule has 8 heteroatoms. The Bertz CT molecular complexity index is 1080. The Labute approximate surface area is 165 Å². The van der Waals surface area contributed by atoms with E-state index in [2.05, 4.69) is 0 Å². The molecule has 5 rings (SSSR count). The van der Waals surface area contributed by atoms with Crippen LogP contribution in [-0.2, 0) is 0 Å². The smallest absolute Gasteiger partial charge is 0.341 e. The number of pyridine rings is 1. The van der Waals surface area contributed by atoms with Crippen molar-refractivity contribution in [1.29, 1.82) is 0 Å². The second kappa shape index (κ2) is 6.52. The molecule has 2 saturated carbocycles. The average Bonchev–Trinajstić information content (AvgIpc) is 3.33. The number of aromatic carboxylic acids is 1. The van der Waals surface area contributed by atoms with Crippen LogP contribution < -0.4 is 16.1 Å². The third-order valence-corrected chi connectivity index (χ3v) is 6.98. The predicted molar refractivity (Wildman–Crippen MR) is 104 cm³/mol. The van der Waals surface area contributed by atoms with E-state index in [1.54, 1.807) is 4.90 Å². The number of rotatable bonds is 4. The van der Waals surface area contributed by atoms with Gasteiger partial charge in [0, 0.05) is 25.3 Å². The highest BCUT2D eigenvalue weighted by molar-refractivity contribution is 5.94. The predicted octanol–water partition coefficient (Wildman–Crippen LogP) is 2.73. The van der Waals surface area contributed by atoms with Gasteiger partial charge >= 0.3 is 5.97 Å². The molecular weight excluding hydrogens is 380 g/mol. The van der Waals surface area contributed by atoms with E-state index in [0.717, 1.165) is 31.7 Å². The molecule has 2 aliphatic carbocycles. The molecule has 0 radical (unpaired) electrons. The van der Waals surface area contributed by atoms with Crippen molar-refractivity contribution in [3.63, 3.8) is 0 Å². The minimum Gasteiger partial charge on any atom is -0.477 e. The van der Waals surface area contributed by atoms with E-state index in [0.29, 0.717) is 37.4 Å². The van der Waals surface area contributed by atoms with Crippen molar-refractivity contribution in [2.45, 2.75) is 31.7 Å². The zero-order valence-electron chi connectivity index (χ0n) is 15.9. The van der Waals surface area contributed by atoms with Crippen molar-refractivity contribution in [2.75, 3.05) is 24.5 Å². The molecule has 6 nitrogen and oxygen atoms in total. The van der Waals surface area contributed by atoms with Crippen molar-refractivity contribution in [1.82, 2.24) is 4.57 Å². The molecular formula is C21H23F2N3O3. The molecule has 1 saturated heterocycles. The number of fused-ring (bicyclic) bond motifs is 2. The van der Waals surface area contributed by atoms with E-state index < -0.39 is 28.6 Å². The van der Waals surface area contributed by atoms with E-state index in [9.17, 15) is 14.7 Å². The largest absolute Gasteiger partial charge is 0.477 e. The summed E-state index contributed by atoms with van der Waals surface area (Å²) >= 11 is 0. The molecule has 1 aliphatic heterocycles. The van der Waals surface area contributed by atoms with Crippen molar-refractivity contribution < 1.29 is 18.7 Å². The van der Waals surface area contributed by atoms with Gasteiger partial charge in [-0.25, -0.2) is 13.6 Å². The molecule has 29 heavy (non-hydrogen) atoms. The SMILES string of the molecule is NC[C@H]1CC[C@H]2CN(c3c(F)cc4c(=O)c(C(=O)O)cn(C5CC5)c4c3F)C[C@@H]12. The van der Waals surface area contributed by atoms with E-state index in [4.69, 9.17) is 5.73 Å². The summed E-state index contributed by atoms with van der Waals surface area (Å²) < 4.78 is 32.2. The van der Waals surface area contributed by atoms with Crippen LogP contribution in [0.3, 0.4) is 0 Å². The quantitative estimate of drug-likeness (QED) is 0.820. The maximum absolute atomic E-state index is 15.7. The zero-order chi connectivity index (χ0) is 20.4. The number of carboxylic acids is 1. The van der Waals surface area contributed by atoms with Crippen LogP contribution in [0.15, 0.2) is 17.1 Å². The molecule has 0 amide bonds. The van der Waals surface area contributed by atoms with Gasteiger partial charge in [0.25, 0.3) is 0 Å². The highest BCUT2D eigenvalue weighted by Crippen LogP contribution is 2.45. The van der Waals surface area contributed by atoms with Crippen molar-refractivity contribution >= 4 is 22.6 Å². The third-order valence-electron chi connectivity index (χ3n) is 6.98. The fourth-order valence-electron chi connectivity index (χ4n) is 5.37. The lowest BCUT2D eigenvalue weighted by atomic mass is 9.93. The van der Waals surface area contributed by atoms with Gasteiger partial charge in [-0.15, -0.1) is 0 Å². The van der Waals surface area contributed by atoms with Crippen LogP contribution in [0.25, 0.3) is 10.9 Å². The molecule has 1 aromatic carbocycles. The summed E-state index contributed by atoms with van der Waals surface area (Å²) in [6.45, 7) is 1.70. The van der Waals surface area contributed by atoms with E-state index in [1.807, 2.05) is 0 Å². The fraction of sp³-hybridized carbons (Fsp3) is 0.524. The molecule has 0 spiro atoms. The summed E-state index contributed by atoms with van der Waals surface area (Å²) in [5.41, 5.74) is 4.45. The van der Waals surface area contributed by atoms with Crippen molar-refractivity contribution in [2.24, 2.45) is 23.5 Å². The second-order valence-corrected chi connectivity index (χ2v) is 8.63. The highest BCUT2D eigenvalue weighted by Gasteiger charge is 2.43. The summed E-state index contributed by atoms with van der Waals surface area (Å²) in [5.74, 6) is -1.91. The molecule has 2 heterocycles. The Balaban J connectivity index is 1.67. The number of carboxylic acid groups (broad SMARTS) is 1. The topological polar surface area (TPSA) is 88.6 Å². The van der Waals surface area contributed by atoms with E-state index in [1.165, 1.54) is 10.8 Å². The Morgan fingerprint density at radius 3 is 2.62 bits per heavy atom. The Morgan fingerprint density at radius 2 is 1.97 bits per heavy atom. The van der Waals surface area contributed by atoms with Gasteiger partial charge in [0.1, 0.15) is 17.1 Å². The van der Waals surface area contributed by atoms with Gasteiger partial charge in [-0.1, -0.05) is 0 Å². The van der Waals surface area contributed by atoms with Crippen molar-refractivity contribution in [3.05, 3.63) is 39.7 Å². The van der Waals surface area contributed by atoms with Gasteiger partial charge < -0.3 is 20.3 Å². The molecule has 3 fully saturated rings. The van der Waals surface area contributed by atoms with Crippen LogP contribution >= 0.6 is 0 Å². The number of nitrogens with zero attached hydrogens (tertiary/aromatic N) is 2. The van der Waals surface area contributed by atoms with Gasteiger partial charge in [-0.3, -0.25) is 4.79 Å². The summed E-state index contributed by atoms with van der Waals surface area (Å²) in [6, 6.07) is 0.944. The zero-order valence-corrected chi connectivity index (χ0v) is 15.9. The first-order valence-electron chi connectivity index (χ1n) is 10.2. The average molecular weight is 403 g/mol. The lowest BCUT2D eigenvalue weighted by molar-refractivity contribution is 0.0695. The fourth-order valence-corrected chi connectivity index (χ4v) is 5.37. The number of nitrogens with two attached hydrogens (primary N) is 1. The minimum absolute atomic E-state index is 0.00587. The molecule has 3 N–H and O–H groups in total. The summed E-state index contributed by atoms with van der Waals surface area (Å²) in [5, 5.41) is 9.13. The number of benzene rings is 1. The van der Waals surface area contributed by atoms with Crippen molar-refractivity contribution in [3.8, 4) is 0 Å². The maximum atomic E-state index is 15.7. The minimum atomic E-state index is -1.39. The number of aromatic nitrogens is 1. The Morgan fingerprint density at radius 1 is 1.21 bits per heavy atom. The van der Waals surface area contributed by atoms with Crippen LogP contribution in [-0.4, -0.2) is 35.3 Å². The first-order valence-corrected chi connectivity index (χ1v) is 10.2. The van der Waals surface area contributed by atoms with Crippen LogP contribution in [0, 0.1) is 29.4 Å². The summed E-state index contributed by atoms with van der Waals surface area (Å²) in [7, 11) is 0. The normalized spacial score (nSPS) is 26.3. The molecule has 2 aromatic rings. The van der Waals surface area contributed by atoms with Crippen LogP contribution in [0.4, 0.5) is 14.5 Å². The number of halogens is 2. The number of carbonyl (C=O) groups is 1. The molecule has 3 atom stereocenters.